The van der Waals surface area contributed by atoms with E-state index in [0.29, 0.717) is 35.2 Å². The predicted octanol–water partition coefficient (Wildman–Crippen LogP) is 5.29. The summed E-state index contributed by atoms with van der Waals surface area (Å²) in [6, 6.07) is 11.5. The van der Waals surface area contributed by atoms with E-state index in [2.05, 4.69) is 27.5 Å². The van der Waals surface area contributed by atoms with Gasteiger partial charge in [0.15, 0.2) is 5.65 Å². The van der Waals surface area contributed by atoms with Gasteiger partial charge in [-0.2, -0.15) is 0 Å². The van der Waals surface area contributed by atoms with E-state index in [4.69, 9.17) is 14.7 Å². The molecule has 1 saturated heterocycles. The van der Waals surface area contributed by atoms with Crippen molar-refractivity contribution in [2.75, 3.05) is 30.4 Å². The number of carbonyl (C=O) groups is 2. The summed E-state index contributed by atoms with van der Waals surface area (Å²) in [5.41, 5.74) is 5.77. The number of urea groups is 1. The molecule has 2 N–H and O–H groups in total. The van der Waals surface area contributed by atoms with Gasteiger partial charge >= 0.3 is 6.03 Å². The Morgan fingerprint density at radius 2 is 1.88 bits per heavy atom. The first-order valence-electron chi connectivity index (χ1n) is 16.4. The highest BCUT2D eigenvalue weighted by molar-refractivity contribution is 6.13. The molecule has 12 nitrogen and oxygen atoms in total. The minimum atomic E-state index is -0.892. The number of hydrogen-bond donors (Lipinski definition) is 2. The number of nitrogens with zero attached hydrogens (tertiary/aromatic N) is 7. The number of pyridine rings is 2. The molecule has 0 unspecified atom stereocenters. The van der Waals surface area contributed by atoms with Crippen molar-refractivity contribution in [3.63, 3.8) is 0 Å². The summed E-state index contributed by atoms with van der Waals surface area (Å²) in [4.78, 5) is 47.0. The third kappa shape index (κ3) is 5.81. The fourth-order valence-corrected chi connectivity index (χ4v) is 6.42. The average molecular weight is 647 g/mol. The number of nitrogens with one attached hydrogen (secondary N) is 1. The number of rotatable bonds is 10. The number of fused-ring (bicyclic) bond motifs is 2. The standard InChI is InChI=1S/C36H38N8O4/c1-20-9-10-37-33(39-20)27-13-26(27)30-14-28(38-19-36(2,3)47)25-8-7-24(12-29(25)41-30)48-18-23-16-43-15-22(21-5-6-21)11-31(34(43)40-23)44-17-32(45)42(4)35(44)46/h7-12,14-16,21,26-27,47H,5-6,13,17-19H2,1-4H3,(H,38,41)/t26-,27-/m0/s1. The zero-order chi connectivity index (χ0) is 33.3. The van der Waals surface area contributed by atoms with Crippen LogP contribution in [0.4, 0.5) is 16.2 Å². The van der Waals surface area contributed by atoms with Crippen molar-refractivity contribution in [1.82, 2.24) is 29.2 Å². The van der Waals surface area contributed by atoms with Gasteiger partial charge in [0.25, 0.3) is 0 Å². The largest absolute Gasteiger partial charge is 0.487 e. The van der Waals surface area contributed by atoms with E-state index < -0.39 is 5.60 Å². The molecule has 1 aromatic carbocycles. The number of ether oxygens (including phenoxy) is 1. The first kappa shape index (κ1) is 30.2. The molecule has 48 heavy (non-hydrogen) atoms. The SMILES string of the molecule is Cc1ccnc([C@H]2C[C@@H]2c2cc(NCC(C)(C)O)c3ccc(OCc4cn5cc(C6CC6)cc(N6CC(=O)N(C)C6=O)c5n4)cc3n2)n1. The van der Waals surface area contributed by atoms with Crippen LogP contribution in [-0.4, -0.2) is 72.0 Å². The molecule has 5 heterocycles. The van der Waals surface area contributed by atoms with Crippen LogP contribution in [0, 0.1) is 6.92 Å². The minimum Gasteiger partial charge on any atom is -0.487 e. The number of aryl methyl sites for hydroxylation is 1. The van der Waals surface area contributed by atoms with Gasteiger partial charge in [-0.05, 0) is 81.8 Å². The Bertz CT molecular complexity index is 2100. The number of carbonyl (C=O) groups excluding carboxylic acids is 2. The summed E-state index contributed by atoms with van der Waals surface area (Å²) in [5.74, 6) is 2.12. The lowest BCUT2D eigenvalue weighted by molar-refractivity contribution is -0.123. The van der Waals surface area contributed by atoms with Gasteiger partial charge in [-0.1, -0.05) is 0 Å². The molecule has 0 bridgehead atoms. The maximum absolute atomic E-state index is 12.9. The van der Waals surface area contributed by atoms with Gasteiger partial charge in [-0.3, -0.25) is 19.6 Å². The van der Waals surface area contributed by atoms with Gasteiger partial charge in [-0.25, -0.2) is 19.7 Å². The number of imidazole rings is 1. The highest BCUT2D eigenvalue weighted by Crippen LogP contribution is 2.53. The van der Waals surface area contributed by atoms with Gasteiger partial charge < -0.3 is 19.6 Å². The summed E-state index contributed by atoms with van der Waals surface area (Å²) >= 11 is 0. The number of aromatic nitrogens is 5. The molecule has 3 fully saturated rings. The van der Waals surface area contributed by atoms with Crippen LogP contribution in [0.5, 0.6) is 5.75 Å². The van der Waals surface area contributed by atoms with Crippen LogP contribution in [0.15, 0.2) is 55.0 Å². The summed E-state index contributed by atoms with van der Waals surface area (Å²) in [7, 11) is 1.51. The van der Waals surface area contributed by atoms with Crippen molar-refractivity contribution < 1.29 is 19.4 Å². The molecule has 0 radical (unpaired) electrons. The normalized spacial score (nSPS) is 19.5. The van der Waals surface area contributed by atoms with Crippen molar-refractivity contribution in [1.29, 1.82) is 0 Å². The molecule has 4 aromatic heterocycles. The second-order valence-electron chi connectivity index (χ2n) is 14.0. The Labute approximate surface area is 277 Å². The third-order valence-electron chi connectivity index (χ3n) is 9.34. The molecule has 2 saturated carbocycles. The van der Waals surface area contributed by atoms with Gasteiger partial charge in [0.2, 0.25) is 5.91 Å². The van der Waals surface area contributed by atoms with Gasteiger partial charge in [0.1, 0.15) is 24.7 Å². The molecule has 0 spiro atoms. The molecule has 2 aliphatic carbocycles. The van der Waals surface area contributed by atoms with Gasteiger partial charge in [-0.15, -0.1) is 0 Å². The van der Waals surface area contributed by atoms with Crippen molar-refractivity contribution in [3.8, 4) is 5.75 Å². The Hall–Kier alpha value is -5.10. The van der Waals surface area contributed by atoms with Crippen molar-refractivity contribution in [2.24, 2.45) is 0 Å². The van der Waals surface area contributed by atoms with E-state index in [1.165, 1.54) is 11.9 Å². The Morgan fingerprint density at radius 3 is 2.60 bits per heavy atom. The lowest BCUT2D eigenvalue weighted by Gasteiger charge is -2.20. The zero-order valence-electron chi connectivity index (χ0n) is 27.5. The van der Waals surface area contributed by atoms with Crippen LogP contribution >= 0.6 is 0 Å². The van der Waals surface area contributed by atoms with Crippen molar-refractivity contribution >= 4 is 39.9 Å². The fourth-order valence-electron chi connectivity index (χ4n) is 6.42. The molecule has 8 rings (SSSR count). The maximum Gasteiger partial charge on any atom is 0.331 e. The average Bonchev–Trinajstić information content (AvgIpc) is 3.99. The molecule has 12 heteroatoms. The molecule has 1 aliphatic heterocycles. The van der Waals surface area contributed by atoms with Crippen LogP contribution < -0.4 is 15.0 Å². The summed E-state index contributed by atoms with van der Waals surface area (Å²) in [5, 5.41) is 14.8. The summed E-state index contributed by atoms with van der Waals surface area (Å²) in [6.45, 7) is 6.11. The first-order chi connectivity index (χ1) is 23.0. The molecular weight excluding hydrogens is 608 g/mol. The van der Waals surface area contributed by atoms with E-state index >= 15 is 0 Å². The number of hydrogen-bond acceptors (Lipinski definition) is 9. The zero-order valence-corrected chi connectivity index (χ0v) is 27.5. The number of likely N-dealkylation sites (N-methyl/N-ethyl adjacent to an activating group) is 1. The van der Waals surface area contributed by atoms with E-state index in [0.717, 1.165) is 63.5 Å². The quantitative estimate of drug-likeness (QED) is 0.194. The Balaban J connectivity index is 1.08. The van der Waals surface area contributed by atoms with Gasteiger partial charge in [0.05, 0.1) is 22.5 Å². The van der Waals surface area contributed by atoms with Crippen LogP contribution in [0.1, 0.15) is 79.3 Å². The number of aliphatic hydroxyl groups is 1. The third-order valence-corrected chi connectivity index (χ3v) is 9.34. The predicted molar refractivity (Wildman–Crippen MR) is 180 cm³/mol. The number of benzene rings is 1. The molecular formula is C36H38N8O4. The highest BCUT2D eigenvalue weighted by Gasteiger charge is 2.43. The smallest absolute Gasteiger partial charge is 0.331 e. The van der Waals surface area contributed by atoms with Gasteiger partial charge in [0, 0.05) is 72.5 Å². The van der Waals surface area contributed by atoms with Crippen LogP contribution in [0.25, 0.3) is 16.6 Å². The van der Waals surface area contributed by atoms with Crippen LogP contribution in [0.3, 0.4) is 0 Å². The van der Waals surface area contributed by atoms with Crippen LogP contribution in [-0.2, 0) is 11.4 Å². The van der Waals surface area contributed by atoms with Crippen molar-refractivity contribution in [2.45, 2.75) is 70.0 Å². The van der Waals surface area contributed by atoms with Crippen LogP contribution in [0.2, 0.25) is 0 Å². The Morgan fingerprint density at radius 1 is 1.04 bits per heavy atom. The first-order valence-corrected chi connectivity index (χ1v) is 16.4. The molecule has 246 valence electrons. The minimum absolute atomic E-state index is 0.00382. The van der Waals surface area contributed by atoms with E-state index in [9.17, 15) is 14.7 Å². The lowest BCUT2D eigenvalue weighted by atomic mass is 10.1. The lowest BCUT2D eigenvalue weighted by Crippen LogP contribution is -2.30. The highest BCUT2D eigenvalue weighted by atomic mass is 16.5. The molecule has 3 amide bonds. The fraction of sp³-hybridized carbons (Fsp3) is 0.389. The summed E-state index contributed by atoms with van der Waals surface area (Å²) in [6.07, 6.45) is 8.94. The maximum atomic E-state index is 12.9. The van der Waals surface area contributed by atoms with Crippen molar-refractivity contribution in [3.05, 3.63) is 83.5 Å². The number of imide groups is 1. The van der Waals surface area contributed by atoms with E-state index in [1.807, 2.05) is 54.0 Å². The number of anilines is 2. The topological polar surface area (TPSA) is 138 Å². The second-order valence-corrected chi connectivity index (χ2v) is 14.0. The number of amides is 3. The molecule has 5 aromatic rings. The summed E-state index contributed by atoms with van der Waals surface area (Å²) < 4.78 is 8.22. The molecule has 2 atom stereocenters. The van der Waals surface area contributed by atoms with E-state index in [-0.39, 0.29) is 36.9 Å². The van der Waals surface area contributed by atoms with E-state index in [1.54, 1.807) is 13.8 Å². The second kappa shape index (κ2) is 11.3. The monoisotopic (exact) mass is 646 g/mol. The molecule has 3 aliphatic rings. The Kier molecular flexibility index (Phi) is 7.09.